The van der Waals surface area contributed by atoms with Crippen LogP contribution in [0, 0.1) is 0 Å². The van der Waals surface area contributed by atoms with Gasteiger partial charge in [-0.05, 0) is 50.2 Å². The number of nitrogens with zero attached hydrogens (tertiary/aromatic N) is 1. The zero-order valence-electron chi connectivity index (χ0n) is 14.6. The number of alkyl halides is 1. The van der Waals surface area contributed by atoms with E-state index in [1.54, 1.807) is 0 Å². The Morgan fingerprint density at radius 3 is 2.05 bits per heavy atom. The van der Waals surface area contributed by atoms with E-state index in [4.69, 9.17) is 11.6 Å². The molecule has 0 fully saturated rings. The van der Waals surface area contributed by atoms with Crippen LogP contribution in [0.5, 0.6) is 0 Å². The summed E-state index contributed by atoms with van der Waals surface area (Å²) in [5.41, 5.74) is 3.33. The van der Waals surface area contributed by atoms with Crippen LogP contribution in [0.4, 0.5) is 0 Å². The summed E-state index contributed by atoms with van der Waals surface area (Å²) in [7, 11) is -1.25. The molecule has 0 aliphatic heterocycles. The van der Waals surface area contributed by atoms with Crippen molar-refractivity contribution >= 4 is 28.3 Å². The minimum atomic E-state index is -1.25. The lowest BCUT2D eigenvalue weighted by molar-refractivity contribution is 0.590. The molecule has 0 bridgehead atoms. The lowest BCUT2D eigenvalue weighted by atomic mass is 9.86. The fourth-order valence-electron chi connectivity index (χ4n) is 1.88. The molecule has 0 aromatic heterocycles. The van der Waals surface area contributed by atoms with Gasteiger partial charge in [0.05, 0.1) is 10.5 Å². The van der Waals surface area contributed by atoms with Crippen molar-refractivity contribution in [3.8, 4) is 0 Å². The second kappa shape index (κ2) is 7.74. The minimum absolute atomic E-state index is 0.125. The SMILES string of the molecule is CC(C)(C)c1ccc(C(CCCCl)=N[S@@](=O)C(C)(C)C)cc1. The zero-order chi connectivity index (χ0) is 17.0. The molecule has 1 rings (SSSR count). The molecule has 1 atom stereocenters. The van der Waals surface area contributed by atoms with Crippen LogP contribution >= 0.6 is 11.6 Å². The summed E-state index contributed by atoms with van der Waals surface area (Å²) in [6.07, 6.45) is 1.59. The first kappa shape index (κ1) is 19.4. The summed E-state index contributed by atoms with van der Waals surface area (Å²) >= 11 is 5.81. The normalized spacial score (nSPS) is 15.0. The number of halogens is 1. The van der Waals surface area contributed by atoms with Crippen molar-refractivity contribution in [2.75, 3.05) is 5.88 Å². The van der Waals surface area contributed by atoms with E-state index in [2.05, 4.69) is 49.4 Å². The standard InChI is InChI=1S/C18H28ClNOS/c1-17(2,3)15-11-9-14(10-12-15)16(8-7-13-19)20-22(21)18(4,5)6/h9-12H,7-8,13H2,1-6H3/t22-/m0/s1. The van der Waals surface area contributed by atoms with Gasteiger partial charge in [-0.3, -0.25) is 0 Å². The molecular formula is C18H28ClNOS. The molecule has 0 saturated heterocycles. The van der Waals surface area contributed by atoms with Gasteiger partial charge in [0.1, 0.15) is 11.0 Å². The maximum absolute atomic E-state index is 12.3. The van der Waals surface area contributed by atoms with Crippen LogP contribution in [0.3, 0.4) is 0 Å². The highest BCUT2D eigenvalue weighted by Crippen LogP contribution is 2.23. The second-order valence-corrected chi connectivity index (χ2v) is 9.80. The van der Waals surface area contributed by atoms with E-state index in [0.29, 0.717) is 5.88 Å². The topological polar surface area (TPSA) is 29.4 Å². The Morgan fingerprint density at radius 2 is 1.64 bits per heavy atom. The summed E-state index contributed by atoms with van der Waals surface area (Å²) in [5, 5.41) is 0. The predicted molar refractivity (Wildman–Crippen MR) is 99.5 cm³/mol. The molecule has 0 aliphatic rings. The average molecular weight is 342 g/mol. The lowest BCUT2D eigenvalue weighted by Gasteiger charge is -2.19. The lowest BCUT2D eigenvalue weighted by Crippen LogP contribution is -2.21. The van der Waals surface area contributed by atoms with Gasteiger partial charge in [0.25, 0.3) is 0 Å². The number of hydrogen-bond donors (Lipinski definition) is 0. The van der Waals surface area contributed by atoms with E-state index in [-0.39, 0.29) is 10.2 Å². The molecule has 2 nitrogen and oxygen atoms in total. The average Bonchev–Trinajstić information content (AvgIpc) is 2.41. The van der Waals surface area contributed by atoms with Gasteiger partial charge in [0.2, 0.25) is 0 Å². The molecule has 1 aromatic rings. The van der Waals surface area contributed by atoms with E-state index >= 15 is 0 Å². The van der Waals surface area contributed by atoms with Gasteiger partial charge < -0.3 is 0 Å². The highest BCUT2D eigenvalue weighted by Gasteiger charge is 2.20. The zero-order valence-corrected chi connectivity index (χ0v) is 16.1. The summed E-state index contributed by atoms with van der Waals surface area (Å²) in [6, 6.07) is 8.41. The first-order valence-corrected chi connectivity index (χ1v) is 9.36. The first-order chi connectivity index (χ1) is 10.1. The number of benzene rings is 1. The minimum Gasteiger partial charge on any atom is -0.234 e. The summed E-state index contributed by atoms with van der Waals surface area (Å²) in [4.78, 5) is 0. The Hall–Kier alpha value is -0.670. The third-order valence-electron chi connectivity index (χ3n) is 3.35. The van der Waals surface area contributed by atoms with Gasteiger partial charge in [-0.25, -0.2) is 4.21 Å². The van der Waals surface area contributed by atoms with Crippen LogP contribution in [0.25, 0.3) is 0 Å². The maximum atomic E-state index is 12.3. The van der Waals surface area contributed by atoms with Gasteiger partial charge in [0, 0.05) is 5.88 Å². The molecule has 0 radical (unpaired) electrons. The van der Waals surface area contributed by atoms with Crippen LogP contribution in [0.15, 0.2) is 28.7 Å². The van der Waals surface area contributed by atoms with Crippen LogP contribution in [0.1, 0.15) is 65.5 Å². The Kier molecular flexibility index (Phi) is 6.82. The Labute approximate surface area is 143 Å². The summed E-state index contributed by atoms with van der Waals surface area (Å²) < 4.78 is 16.5. The molecule has 1 aromatic carbocycles. The number of hydrogen-bond acceptors (Lipinski definition) is 1. The molecule has 0 N–H and O–H groups in total. The van der Waals surface area contributed by atoms with Gasteiger partial charge in [0.15, 0.2) is 0 Å². The van der Waals surface area contributed by atoms with Gasteiger partial charge in [-0.15, -0.1) is 11.6 Å². The smallest absolute Gasteiger partial charge is 0.145 e. The molecular weight excluding hydrogens is 314 g/mol. The fraction of sp³-hybridized carbons (Fsp3) is 0.611. The van der Waals surface area contributed by atoms with E-state index in [1.165, 1.54) is 5.56 Å². The molecule has 0 aliphatic carbocycles. The quantitative estimate of drug-likeness (QED) is 0.531. The van der Waals surface area contributed by atoms with Crippen molar-refractivity contribution < 1.29 is 4.21 Å². The van der Waals surface area contributed by atoms with Crippen LogP contribution < -0.4 is 0 Å². The maximum Gasteiger partial charge on any atom is 0.145 e. The molecule has 4 heteroatoms. The van der Waals surface area contributed by atoms with Crippen molar-refractivity contribution in [2.45, 2.75) is 64.5 Å². The van der Waals surface area contributed by atoms with Crippen LogP contribution in [-0.4, -0.2) is 20.5 Å². The summed E-state index contributed by atoms with van der Waals surface area (Å²) in [6.45, 7) is 12.4. The molecule has 0 unspecified atom stereocenters. The predicted octanol–water partition coefficient (Wildman–Crippen LogP) is 5.25. The van der Waals surface area contributed by atoms with Gasteiger partial charge in [-0.2, -0.15) is 4.40 Å². The molecule has 0 saturated carbocycles. The largest absolute Gasteiger partial charge is 0.234 e. The Bertz CT molecular complexity index is 536. The van der Waals surface area contributed by atoms with Crippen molar-refractivity contribution in [2.24, 2.45) is 4.40 Å². The van der Waals surface area contributed by atoms with E-state index in [1.807, 2.05) is 20.8 Å². The van der Waals surface area contributed by atoms with Crippen LogP contribution in [0.2, 0.25) is 0 Å². The van der Waals surface area contributed by atoms with Crippen molar-refractivity contribution in [3.63, 3.8) is 0 Å². The molecule has 22 heavy (non-hydrogen) atoms. The summed E-state index contributed by atoms with van der Waals surface area (Å²) in [5.74, 6) is 0.585. The van der Waals surface area contributed by atoms with Gasteiger partial charge in [-0.1, -0.05) is 45.0 Å². The van der Waals surface area contributed by atoms with E-state index < -0.39 is 11.0 Å². The highest BCUT2D eigenvalue weighted by molar-refractivity contribution is 7.85. The third kappa shape index (κ3) is 5.85. The molecule has 0 amide bonds. The molecule has 124 valence electrons. The van der Waals surface area contributed by atoms with Crippen LogP contribution in [-0.2, 0) is 16.4 Å². The second-order valence-electron chi connectivity index (χ2n) is 7.52. The fourth-order valence-corrected chi connectivity index (χ4v) is 2.68. The van der Waals surface area contributed by atoms with Gasteiger partial charge >= 0.3 is 0 Å². The van der Waals surface area contributed by atoms with E-state index in [0.717, 1.165) is 24.1 Å². The van der Waals surface area contributed by atoms with Crippen molar-refractivity contribution in [3.05, 3.63) is 35.4 Å². The van der Waals surface area contributed by atoms with Crippen molar-refractivity contribution in [1.82, 2.24) is 0 Å². The Balaban J connectivity index is 3.12. The molecule has 0 heterocycles. The first-order valence-electron chi connectivity index (χ1n) is 7.72. The number of rotatable bonds is 5. The monoisotopic (exact) mass is 341 g/mol. The molecule has 0 spiro atoms. The highest BCUT2D eigenvalue weighted by atomic mass is 35.5. The van der Waals surface area contributed by atoms with E-state index in [9.17, 15) is 4.21 Å². The van der Waals surface area contributed by atoms with Crippen molar-refractivity contribution in [1.29, 1.82) is 0 Å². The third-order valence-corrected chi connectivity index (χ3v) is 5.05. The Morgan fingerprint density at radius 1 is 1.09 bits per heavy atom.